The Labute approximate surface area is 77.0 Å². The largest absolute Gasteiger partial charge is 0.454 e. The average molecular weight is 177 g/mol. The molecule has 0 spiro atoms. The highest BCUT2D eigenvalue weighted by Crippen LogP contribution is 2.34. The van der Waals surface area contributed by atoms with Gasteiger partial charge < -0.3 is 9.47 Å². The second kappa shape index (κ2) is 3.47. The summed E-state index contributed by atoms with van der Waals surface area (Å²) in [6.45, 7) is 3.09. The lowest BCUT2D eigenvalue weighted by Gasteiger charge is -1.98. The fourth-order valence-corrected chi connectivity index (χ4v) is 1.24. The van der Waals surface area contributed by atoms with Crippen LogP contribution < -0.4 is 9.47 Å². The van der Waals surface area contributed by atoms with Crippen molar-refractivity contribution in [3.05, 3.63) is 23.8 Å². The van der Waals surface area contributed by atoms with Gasteiger partial charge in [-0.2, -0.15) is 0 Å². The first-order valence-electron chi connectivity index (χ1n) is 4.30. The summed E-state index contributed by atoms with van der Waals surface area (Å²) in [4.78, 5) is 4.16. The minimum absolute atomic E-state index is 0.312. The molecule has 1 heterocycles. The Morgan fingerprint density at radius 3 is 3.23 bits per heavy atom. The fourth-order valence-electron chi connectivity index (χ4n) is 1.24. The number of benzene rings is 1. The van der Waals surface area contributed by atoms with Gasteiger partial charge in [0.1, 0.15) is 0 Å². The third-order valence-corrected chi connectivity index (χ3v) is 1.84. The van der Waals surface area contributed by atoms with Crippen LogP contribution in [0.1, 0.15) is 12.5 Å². The first-order valence-corrected chi connectivity index (χ1v) is 4.30. The topological polar surface area (TPSA) is 30.8 Å². The van der Waals surface area contributed by atoms with Gasteiger partial charge in [0.25, 0.3) is 0 Å². The Balaban J connectivity index is 2.36. The molecule has 0 N–H and O–H groups in total. The Bertz CT molecular complexity index is 334. The van der Waals surface area contributed by atoms with Gasteiger partial charge in [-0.1, -0.05) is 6.07 Å². The highest BCUT2D eigenvalue weighted by Gasteiger charge is 2.15. The molecule has 68 valence electrons. The Hall–Kier alpha value is -1.51. The van der Waals surface area contributed by atoms with Crippen LogP contribution >= 0.6 is 0 Å². The average Bonchev–Trinajstić information content (AvgIpc) is 2.62. The van der Waals surface area contributed by atoms with Gasteiger partial charge >= 0.3 is 0 Å². The van der Waals surface area contributed by atoms with Crippen molar-refractivity contribution < 1.29 is 9.47 Å². The summed E-state index contributed by atoms with van der Waals surface area (Å²) in [5.41, 5.74) is 0.983. The number of aliphatic imine (C=N–C) groups is 1. The molecular formula is C10H11NO2. The number of nitrogens with zero attached hydrogens (tertiary/aromatic N) is 1. The number of hydrogen-bond donors (Lipinski definition) is 0. The summed E-state index contributed by atoms with van der Waals surface area (Å²) in [6.07, 6.45) is 1.81. The Kier molecular flexibility index (Phi) is 2.17. The Morgan fingerprint density at radius 2 is 2.38 bits per heavy atom. The Morgan fingerprint density at radius 1 is 1.46 bits per heavy atom. The molecule has 0 bridgehead atoms. The minimum Gasteiger partial charge on any atom is -0.454 e. The van der Waals surface area contributed by atoms with Gasteiger partial charge in [0.05, 0.1) is 0 Å². The summed E-state index contributed by atoms with van der Waals surface area (Å²) < 4.78 is 10.5. The minimum atomic E-state index is 0.312. The number of fused-ring (bicyclic) bond motifs is 1. The molecule has 3 heteroatoms. The van der Waals surface area contributed by atoms with Crippen molar-refractivity contribution in [2.75, 3.05) is 13.3 Å². The van der Waals surface area contributed by atoms with E-state index in [1.807, 2.05) is 31.3 Å². The maximum Gasteiger partial charge on any atom is 0.231 e. The van der Waals surface area contributed by atoms with Crippen molar-refractivity contribution in [3.8, 4) is 11.5 Å². The molecule has 13 heavy (non-hydrogen) atoms. The molecule has 0 radical (unpaired) electrons. The van der Waals surface area contributed by atoms with E-state index in [0.29, 0.717) is 6.79 Å². The molecule has 0 aliphatic carbocycles. The molecule has 0 amide bonds. The normalized spacial score (nSPS) is 13.9. The molecule has 0 atom stereocenters. The third kappa shape index (κ3) is 1.49. The van der Waals surface area contributed by atoms with Crippen molar-refractivity contribution >= 4 is 6.21 Å². The van der Waals surface area contributed by atoms with Gasteiger partial charge in [0.2, 0.25) is 6.79 Å². The van der Waals surface area contributed by atoms with Gasteiger partial charge in [-0.05, 0) is 19.1 Å². The van der Waals surface area contributed by atoms with Gasteiger partial charge in [-0.3, -0.25) is 4.99 Å². The van der Waals surface area contributed by atoms with Crippen molar-refractivity contribution in [2.45, 2.75) is 6.92 Å². The lowest BCUT2D eigenvalue weighted by Crippen LogP contribution is -1.94. The van der Waals surface area contributed by atoms with Crippen molar-refractivity contribution in [2.24, 2.45) is 4.99 Å². The molecule has 0 fully saturated rings. The highest BCUT2D eigenvalue weighted by molar-refractivity contribution is 5.85. The molecule has 0 saturated heterocycles. The van der Waals surface area contributed by atoms with Crippen LogP contribution in [-0.2, 0) is 0 Å². The van der Waals surface area contributed by atoms with Gasteiger partial charge in [-0.15, -0.1) is 0 Å². The van der Waals surface area contributed by atoms with Crippen LogP contribution in [-0.4, -0.2) is 19.6 Å². The zero-order valence-corrected chi connectivity index (χ0v) is 7.49. The van der Waals surface area contributed by atoms with Gasteiger partial charge in [-0.25, -0.2) is 0 Å². The maximum atomic E-state index is 5.31. The van der Waals surface area contributed by atoms with E-state index in [1.165, 1.54) is 0 Å². The van der Waals surface area contributed by atoms with E-state index in [4.69, 9.17) is 9.47 Å². The first kappa shape index (κ1) is 8.10. The number of hydrogen-bond acceptors (Lipinski definition) is 3. The van der Waals surface area contributed by atoms with Crippen LogP contribution in [0.25, 0.3) is 0 Å². The molecule has 1 aromatic rings. The van der Waals surface area contributed by atoms with Crippen LogP contribution in [0, 0.1) is 0 Å². The quantitative estimate of drug-likeness (QED) is 0.645. The van der Waals surface area contributed by atoms with Gasteiger partial charge in [0.15, 0.2) is 11.5 Å². The van der Waals surface area contributed by atoms with Gasteiger partial charge in [0, 0.05) is 18.3 Å². The fraction of sp³-hybridized carbons (Fsp3) is 0.300. The number of para-hydroxylation sites is 1. The van der Waals surface area contributed by atoms with E-state index < -0.39 is 0 Å². The molecule has 0 unspecified atom stereocenters. The summed E-state index contributed by atoms with van der Waals surface area (Å²) in [5.74, 6) is 1.61. The predicted molar refractivity (Wildman–Crippen MR) is 50.7 cm³/mol. The molecule has 2 rings (SSSR count). The van der Waals surface area contributed by atoms with Crippen molar-refractivity contribution in [1.29, 1.82) is 0 Å². The third-order valence-electron chi connectivity index (χ3n) is 1.84. The first-order chi connectivity index (χ1) is 6.42. The summed E-state index contributed by atoms with van der Waals surface area (Å²) in [5, 5.41) is 0. The van der Waals surface area contributed by atoms with E-state index in [0.717, 1.165) is 23.6 Å². The van der Waals surface area contributed by atoms with Crippen LogP contribution in [0.2, 0.25) is 0 Å². The number of rotatable bonds is 2. The van der Waals surface area contributed by atoms with E-state index in [2.05, 4.69) is 4.99 Å². The molecule has 3 nitrogen and oxygen atoms in total. The second-order valence-electron chi connectivity index (χ2n) is 2.71. The van der Waals surface area contributed by atoms with E-state index >= 15 is 0 Å². The number of ether oxygens (including phenoxy) is 2. The van der Waals surface area contributed by atoms with Crippen LogP contribution in [0.4, 0.5) is 0 Å². The summed E-state index contributed by atoms with van der Waals surface area (Å²) in [6, 6.07) is 5.79. The second-order valence-corrected chi connectivity index (χ2v) is 2.71. The standard InChI is InChI=1S/C10H11NO2/c1-2-11-6-8-4-3-5-9-10(8)13-7-12-9/h3-6H,2,7H2,1H3. The molecular weight excluding hydrogens is 166 g/mol. The van der Waals surface area contributed by atoms with E-state index in [1.54, 1.807) is 0 Å². The molecule has 1 aliphatic rings. The molecule has 1 aromatic carbocycles. The van der Waals surface area contributed by atoms with Crippen LogP contribution in [0.3, 0.4) is 0 Å². The monoisotopic (exact) mass is 177 g/mol. The zero-order chi connectivity index (χ0) is 9.10. The SMILES string of the molecule is CCN=Cc1cccc2c1OCO2. The van der Waals surface area contributed by atoms with E-state index in [9.17, 15) is 0 Å². The van der Waals surface area contributed by atoms with Crippen molar-refractivity contribution in [1.82, 2.24) is 0 Å². The highest BCUT2D eigenvalue weighted by atomic mass is 16.7. The van der Waals surface area contributed by atoms with E-state index in [-0.39, 0.29) is 0 Å². The molecule has 0 aromatic heterocycles. The zero-order valence-electron chi connectivity index (χ0n) is 7.49. The summed E-state index contributed by atoms with van der Waals surface area (Å²) in [7, 11) is 0. The molecule has 1 aliphatic heterocycles. The smallest absolute Gasteiger partial charge is 0.231 e. The van der Waals surface area contributed by atoms with Crippen molar-refractivity contribution in [3.63, 3.8) is 0 Å². The lowest BCUT2D eigenvalue weighted by molar-refractivity contribution is 0.174. The summed E-state index contributed by atoms with van der Waals surface area (Å²) >= 11 is 0. The maximum absolute atomic E-state index is 5.31. The van der Waals surface area contributed by atoms with Crippen LogP contribution in [0.5, 0.6) is 11.5 Å². The molecule has 0 saturated carbocycles. The van der Waals surface area contributed by atoms with Crippen LogP contribution in [0.15, 0.2) is 23.2 Å². The lowest BCUT2D eigenvalue weighted by atomic mass is 10.2. The predicted octanol–water partition coefficient (Wildman–Crippen LogP) is 1.85.